The van der Waals surface area contributed by atoms with Crippen LogP contribution in [0.2, 0.25) is 5.02 Å². The fourth-order valence-electron chi connectivity index (χ4n) is 2.59. The Hall–Kier alpha value is -2.13. The van der Waals surface area contributed by atoms with Crippen LogP contribution in [0.25, 0.3) is 5.82 Å². The first-order valence-electron chi connectivity index (χ1n) is 8.30. The molecule has 2 aromatic rings. The van der Waals surface area contributed by atoms with E-state index in [2.05, 4.69) is 15.4 Å². The molecule has 1 N–H and O–H groups in total. The predicted octanol–water partition coefficient (Wildman–Crippen LogP) is 3.15. The van der Waals surface area contributed by atoms with Gasteiger partial charge in [0.05, 0.1) is 17.3 Å². The highest BCUT2D eigenvalue weighted by molar-refractivity contribution is 6.33. The van der Waals surface area contributed by atoms with E-state index in [1.54, 1.807) is 16.8 Å². The molecule has 0 aliphatic rings. The molecule has 0 radical (unpaired) electrons. The molecule has 148 valence electrons. The fourth-order valence-corrected chi connectivity index (χ4v) is 2.78. The molecule has 0 spiro atoms. The van der Waals surface area contributed by atoms with Gasteiger partial charge in [-0.1, -0.05) is 11.6 Å². The van der Waals surface area contributed by atoms with Gasteiger partial charge in [0.15, 0.2) is 5.82 Å². The second-order valence-corrected chi connectivity index (χ2v) is 6.71. The van der Waals surface area contributed by atoms with E-state index in [-0.39, 0.29) is 23.8 Å². The number of carbonyl (C=O) groups excluding carboxylic acids is 1. The van der Waals surface area contributed by atoms with Crippen LogP contribution in [0.4, 0.5) is 13.2 Å². The number of aromatic nitrogens is 3. The standard InChI is InChI=1S/C17H21ClF3N5O/c1-11-9-12(2)26(24-11)14-6-5-13(18)15(23-14)16(27)22-7-4-8-25(3)10-17(19,20)21/h5-6,9H,4,7-8,10H2,1-3H3,(H,22,27). The van der Waals surface area contributed by atoms with Crippen LogP contribution >= 0.6 is 11.6 Å². The first-order valence-corrected chi connectivity index (χ1v) is 8.68. The van der Waals surface area contributed by atoms with Crippen molar-refractivity contribution in [3.05, 3.63) is 40.3 Å². The average molecular weight is 404 g/mol. The van der Waals surface area contributed by atoms with Crippen LogP contribution in [-0.4, -0.2) is 58.4 Å². The number of carbonyl (C=O) groups is 1. The van der Waals surface area contributed by atoms with Crippen molar-refractivity contribution in [2.75, 3.05) is 26.7 Å². The van der Waals surface area contributed by atoms with Crippen molar-refractivity contribution < 1.29 is 18.0 Å². The summed E-state index contributed by atoms with van der Waals surface area (Å²) in [7, 11) is 1.38. The van der Waals surface area contributed by atoms with E-state index < -0.39 is 18.6 Å². The van der Waals surface area contributed by atoms with Gasteiger partial charge in [0, 0.05) is 12.2 Å². The van der Waals surface area contributed by atoms with Gasteiger partial charge >= 0.3 is 6.18 Å². The highest BCUT2D eigenvalue weighted by Gasteiger charge is 2.28. The van der Waals surface area contributed by atoms with E-state index >= 15 is 0 Å². The predicted molar refractivity (Wildman–Crippen MR) is 96.3 cm³/mol. The maximum absolute atomic E-state index is 12.3. The topological polar surface area (TPSA) is 63.1 Å². The molecule has 0 unspecified atom stereocenters. The summed E-state index contributed by atoms with van der Waals surface area (Å²) in [5.74, 6) is -0.0260. The lowest BCUT2D eigenvalue weighted by atomic mass is 10.3. The van der Waals surface area contributed by atoms with Crippen molar-refractivity contribution in [1.29, 1.82) is 0 Å². The normalized spacial score (nSPS) is 11.9. The van der Waals surface area contributed by atoms with Crippen LogP contribution in [0.15, 0.2) is 18.2 Å². The highest BCUT2D eigenvalue weighted by Crippen LogP contribution is 2.18. The molecule has 0 bridgehead atoms. The number of amides is 1. The Bertz CT molecular complexity index is 806. The minimum atomic E-state index is -4.24. The third-order valence-electron chi connectivity index (χ3n) is 3.72. The first-order chi connectivity index (χ1) is 12.6. The number of nitrogens with zero attached hydrogens (tertiary/aromatic N) is 4. The molecule has 2 heterocycles. The molecule has 0 fully saturated rings. The molecule has 0 saturated carbocycles. The van der Waals surface area contributed by atoms with E-state index in [9.17, 15) is 18.0 Å². The number of rotatable bonds is 7. The lowest BCUT2D eigenvalue weighted by Crippen LogP contribution is -2.34. The summed E-state index contributed by atoms with van der Waals surface area (Å²) in [5, 5.41) is 7.14. The Morgan fingerprint density at radius 3 is 2.63 bits per heavy atom. The van der Waals surface area contributed by atoms with Crippen molar-refractivity contribution >= 4 is 17.5 Å². The zero-order valence-corrected chi connectivity index (χ0v) is 16.0. The van der Waals surface area contributed by atoms with E-state index in [4.69, 9.17) is 11.6 Å². The van der Waals surface area contributed by atoms with Crippen molar-refractivity contribution in [1.82, 2.24) is 25.0 Å². The molecule has 6 nitrogen and oxygen atoms in total. The van der Waals surface area contributed by atoms with Gasteiger partial charge in [-0.3, -0.25) is 9.69 Å². The lowest BCUT2D eigenvalue weighted by molar-refractivity contribution is -0.143. The first kappa shape index (κ1) is 21.2. The van der Waals surface area contributed by atoms with Crippen LogP contribution in [0.5, 0.6) is 0 Å². The van der Waals surface area contributed by atoms with E-state index in [0.29, 0.717) is 12.2 Å². The lowest BCUT2D eigenvalue weighted by Gasteiger charge is -2.18. The number of alkyl halides is 3. The summed E-state index contributed by atoms with van der Waals surface area (Å²) in [6.45, 7) is 3.14. The number of nitrogens with one attached hydrogen (secondary N) is 1. The second-order valence-electron chi connectivity index (χ2n) is 6.30. The molecule has 0 aromatic carbocycles. The van der Waals surface area contributed by atoms with Gasteiger partial charge in [-0.25, -0.2) is 9.67 Å². The summed E-state index contributed by atoms with van der Waals surface area (Å²) in [5.41, 5.74) is 1.73. The molecule has 2 aromatic heterocycles. The highest BCUT2D eigenvalue weighted by atomic mass is 35.5. The van der Waals surface area contributed by atoms with Gasteiger partial charge in [-0.15, -0.1) is 0 Å². The zero-order valence-electron chi connectivity index (χ0n) is 15.3. The van der Waals surface area contributed by atoms with Gasteiger partial charge in [0.1, 0.15) is 5.69 Å². The van der Waals surface area contributed by atoms with Crippen LogP contribution < -0.4 is 5.32 Å². The maximum Gasteiger partial charge on any atom is 0.401 e. The Kier molecular flexibility index (Phi) is 6.83. The summed E-state index contributed by atoms with van der Waals surface area (Å²) in [6, 6.07) is 5.10. The molecule has 10 heteroatoms. The minimum Gasteiger partial charge on any atom is -0.351 e. The van der Waals surface area contributed by atoms with Gasteiger partial charge < -0.3 is 5.32 Å². The third kappa shape index (κ3) is 6.21. The van der Waals surface area contributed by atoms with Crippen LogP contribution in [0.3, 0.4) is 0 Å². The van der Waals surface area contributed by atoms with E-state index in [1.807, 2.05) is 19.9 Å². The Balaban J connectivity index is 1.96. The van der Waals surface area contributed by atoms with Crippen molar-refractivity contribution in [3.63, 3.8) is 0 Å². The smallest absolute Gasteiger partial charge is 0.351 e. The molecule has 1 amide bonds. The summed E-state index contributed by atoms with van der Waals surface area (Å²) in [6.07, 6.45) is -3.87. The quantitative estimate of drug-likeness (QED) is 0.721. The van der Waals surface area contributed by atoms with E-state index in [0.717, 1.165) is 16.3 Å². The van der Waals surface area contributed by atoms with Crippen molar-refractivity contribution in [2.45, 2.75) is 26.4 Å². The molecule has 0 aliphatic carbocycles. The number of hydrogen-bond donors (Lipinski definition) is 1. The van der Waals surface area contributed by atoms with Gasteiger partial charge in [-0.2, -0.15) is 18.3 Å². The Morgan fingerprint density at radius 1 is 1.33 bits per heavy atom. The van der Waals surface area contributed by atoms with E-state index in [1.165, 1.54) is 7.05 Å². The van der Waals surface area contributed by atoms with Crippen molar-refractivity contribution in [3.8, 4) is 5.82 Å². The molecule has 0 saturated heterocycles. The SMILES string of the molecule is Cc1cc(C)n(-c2ccc(Cl)c(C(=O)NCCCN(C)CC(F)(F)F)n2)n1. The molecule has 0 aliphatic heterocycles. The molecule has 0 atom stereocenters. The fraction of sp³-hybridized carbons (Fsp3) is 0.471. The van der Waals surface area contributed by atoms with Crippen molar-refractivity contribution in [2.24, 2.45) is 0 Å². The zero-order chi connectivity index (χ0) is 20.2. The largest absolute Gasteiger partial charge is 0.401 e. The summed E-state index contributed by atoms with van der Waals surface area (Å²) < 4.78 is 38.4. The van der Waals surface area contributed by atoms with Crippen LogP contribution in [0.1, 0.15) is 28.3 Å². The molecular weight excluding hydrogens is 383 g/mol. The third-order valence-corrected chi connectivity index (χ3v) is 4.03. The summed E-state index contributed by atoms with van der Waals surface area (Å²) in [4.78, 5) is 17.8. The minimum absolute atomic E-state index is 0.0466. The van der Waals surface area contributed by atoms with Gasteiger partial charge in [-0.05, 0) is 52.1 Å². The maximum atomic E-state index is 12.3. The Morgan fingerprint density at radius 2 is 2.04 bits per heavy atom. The van der Waals surface area contributed by atoms with Gasteiger partial charge in [0.2, 0.25) is 0 Å². The number of pyridine rings is 1. The second kappa shape index (κ2) is 8.71. The number of aryl methyl sites for hydroxylation is 2. The van der Waals surface area contributed by atoms with Crippen LogP contribution in [0, 0.1) is 13.8 Å². The van der Waals surface area contributed by atoms with Crippen LogP contribution in [-0.2, 0) is 0 Å². The summed E-state index contributed by atoms with van der Waals surface area (Å²) >= 11 is 6.07. The monoisotopic (exact) mass is 403 g/mol. The number of hydrogen-bond acceptors (Lipinski definition) is 4. The molecule has 2 rings (SSSR count). The number of halogens is 4. The van der Waals surface area contributed by atoms with Gasteiger partial charge in [0.25, 0.3) is 5.91 Å². The molecular formula is C17H21ClF3N5O. The average Bonchev–Trinajstić information content (AvgIpc) is 2.88. The Labute approximate surface area is 160 Å². The molecule has 27 heavy (non-hydrogen) atoms.